The molecule has 0 saturated carbocycles. The van der Waals surface area contributed by atoms with E-state index in [0.29, 0.717) is 18.1 Å². The molecule has 6 nitrogen and oxygen atoms in total. The Kier molecular flexibility index (Phi) is 3.21. The highest BCUT2D eigenvalue weighted by atomic mass is 16.5. The summed E-state index contributed by atoms with van der Waals surface area (Å²) in [7, 11) is 0. The largest absolute Gasteiger partial charge is 0.493 e. The second-order valence-electron chi connectivity index (χ2n) is 5.05. The van der Waals surface area contributed by atoms with Gasteiger partial charge in [-0.3, -0.25) is 0 Å². The average molecular weight is 285 g/mol. The van der Waals surface area contributed by atoms with Crippen LogP contribution < -0.4 is 10.5 Å². The molecule has 108 valence electrons. The van der Waals surface area contributed by atoms with Crippen molar-refractivity contribution in [3.8, 4) is 5.75 Å². The zero-order valence-electron chi connectivity index (χ0n) is 11.5. The molecule has 21 heavy (non-hydrogen) atoms. The molecular formula is C15H15N3O3. The minimum atomic E-state index is -1.11. The lowest BCUT2D eigenvalue weighted by molar-refractivity contribution is 0.0696. The topological polar surface area (TPSA) is 98.3 Å². The van der Waals surface area contributed by atoms with Crippen LogP contribution in [0.2, 0.25) is 0 Å². The molecule has 0 bridgehead atoms. The smallest absolute Gasteiger partial charge is 0.341 e. The minimum Gasteiger partial charge on any atom is -0.493 e. The molecule has 0 amide bonds. The van der Waals surface area contributed by atoms with E-state index >= 15 is 0 Å². The van der Waals surface area contributed by atoms with Gasteiger partial charge in [0, 0.05) is 0 Å². The van der Waals surface area contributed by atoms with E-state index < -0.39 is 5.97 Å². The Labute approximate surface area is 121 Å². The number of hydrogen-bond acceptors (Lipinski definition) is 5. The Bertz CT molecular complexity index is 692. The van der Waals surface area contributed by atoms with E-state index in [4.69, 9.17) is 15.6 Å². The van der Waals surface area contributed by atoms with Crippen LogP contribution in [-0.2, 0) is 6.42 Å². The molecule has 1 aliphatic heterocycles. The van der Waals surface area contributed by atoms with Crippen LogP contribution in [0, 0.1) is 6.92 Å². The summed E-state index contributed by atoms with van der Waals surface area (Å²) in [5.41, 5.74) is 7.19. The maximum atomic E-state index is 11.1. The van der Waals surface area contributed by atoms with Gasteiger partial charge in [0.15, 0.2) is 0 Å². The van der Waals surface area contributed by atoms with Gasteiger partial charge in [-0.1, -0.05) is 18.2 Å². The van der Waals surface area contributed by atoms with Gasteiger partial charge < -0.3 is 15.6 Å². The molecule has 1 aromatic carbocycles. The van der Waals surface area contributed by atoms with Crippen molar-refractivity contribution in [2.45, 2.75) is 19.3 Å². The maximum Gasteiger partial charge on any atom is 0.341 e. The van der Waals surface area contributed by atoms with Gasteiger partial charge in [0.1, 0.15) is 23.0 Å². The van der Waals surface area contributed by atoms with Gasteiger partial charge in [-0.15, -0.1) is 0 Å². The first-order valence-electron chi connectivity index (χ1n) is 6.64. The quantitative estimate of drug-likeness (QED) is 0.872. The highest BCUT2D eigenvalue weighted by Gasteiger charge is 2.25. The highest BCUT2D eigenvalue weighted by Crippen LogP contribution is 2.31. The third-order valence-corrected chi connectivity index (χ3v) is 3.59. The summed E-state index contributed by atoms with van der Waals surface area (Å²) in [6.45, 7) is 2.09. The predicted molar refractivity (Wildman–Crippen MR) is 76.5 cm³/mol. The molecule has 0 spiro atoms. The summed E-state index contributed by atoms with van der Waals surface area (Å²) in [5, 5.41) is 9.09. The van der Waals surface area contributed by atoms with Crippen molar-refractivity contribution < 1.29 is 14.6 Å². The van der Waals surface area contributed by atoms with Crippen LogP contribution in [0.25, 0.3) is 0 Å². The third kappa shape index (κ3) is 2.40. The van der Waals surface area contributed by atoms with Gasteiger partial charge in [0.25, 0.3) is 0 Å². The Hall–Kier alpha value is -2.63. The van der Waals surface area contributed by atoms with Crippen LogP contribution in [0.5, 0.6) is 5.75 Å². The van der Waals surface area contributed by atoms with Gasteiger partial charge in [0.05, 0.1) is 18.2 Å². The summed E-state index contributed by atoms with van der Waals surface area (Å²) in [4.78, 5) is 19.6. The molecule has 0 aliphatic carbocycles. The third-order valence-electron chi connectivity index (χ3n) is 3.59. The number of aromatic carboxylic acids is 1. The van der Waals surface area contributed by atoms with Gasteiger partial charge in [0.2, 0.25) is 0 Å². The Morgan fingerprint density at radius 1 is 1.38 bits per heavy atom. The van der Waals surface area contributed by atoms with Crippen LogP contribution in [0.4, 0.5) is 5.82 Å². The van der Waals surface area contributed by atoms with Crippen molar-refractivity contribution in [1.29, 1.82) is 0 Å². The van der Waals surface area contributed by atoms with Crippen molar-refractivity contribution in [2.24, 2.45) is 0 Å². The minimum absolute atomic E-state index is 0.00357. The fraction of sp³-hybridized carbons (Fsp3) is 0.267. The number of anilines is 1. The van der Waals surface area contributed by atoms with Crippen LogP contribution in [0.1, 0.15) is 33.4 Å². The lowest BCUT2D eigenvalue weighted by atomic mass is 9.96. The highest BCUT2D eigenvalue weighted by molar-refractivity contribution is 5.93. The fourth-order valence-electron chi connectivity index (χ4n) is 2.56. The fourth-order valence-corrected chi connectivity index (χ4v) is 2.56. The van der Waals surface area contributed by atoms with E-state index in [1.807, 2.05) is 24.3 Å². The molecular weight excluding hydrogens is 270 g/mol. The van der Waals surface area contributed by atoms with Crippen LogP contribution in [-0.4, -0.2) is 27.7 Å². The Morgan fingerprint density at radius 2 is 2.14 bits per heavy atom. The van der Waals surface area contributed by atoms with Crippen molar-refractivity contribution in [2.75, 3.05) is 12.3 Å². The number of hydrogen-bond donors (Lipinski definition) is 2. The van der Waals surface area contributed by atoms with E-state index in [2.05, 4.69) is 9.97 Å². The molecule has 1 aliphatic rings. The number of nitrogens with two attached hydrogens (primary N) is 1. The van der Waals surface area contributed by atoms with Crippen LogP contribution in [0.3, 0.4) is 0 Å². The monoisotopic (exact) mass is 285 g/mol. The number of benzene rings is 1. The molecule has 3 rings (SSSR count). The zero-order chi connectivity index (χ0) is 15.0. The Balaban J connectivity index is 1.94. The summed E-state index contributed by atoms with van der Waals surface area (Å²) in [6.07, 6.45) is 0.751. The van der Waals surface area contributed by atoms with Gasteiger partial charge in [-0.2, -0.15) is 0 Å². The van der Waals surface area contributed by atoms with Gasteiger partial charge in [-0.25, -0.2) is 14.8 Å². The first-order chi connectivity index (χ1) is 10.1. The van der Waals surface area contributed by atoms with E-state index in [-0.39, 0.29) is 17.3 Å². The standard InChI is InChI=1S/C15H15N3O3/c1-8-12(15(19)20)13(16)18-14(17-8)10-6-9-4-2-3-5-11(9)21-7-10/h2-5,10H,6-7H2,1H3,(H,19,20)(H2,16,17,18). The average Bonchev–Trinajstić information content (AvgIpc) is 2.45. The first-order valence-corrected chi connectivity index (χ1v) is 6.64. The van der Waals surface area contributed by atoms with Crippen LogP contribution in [0.15, 0.2) is 24.3 Å². The van der Waals surface area contributed by atoms with Gasteiger partial charge >= 0.3 is 5.97 Å². The molecule has 2 heterocycles. The molecule has 1 atom stereocenters. The molecule has 3 N–H and O–H groups in total. The maximum absolute atomic E-state index is 11.1. The Morgan fingerprint density at radius 3 is 2.86 bits per heavy atom. The first kappa shape index (κ1) is 13.4. The summed E-state index contributed by atoms with van der Waals surface area (Å²) in [5.74, 6) is 0.277. The normalized spacial score (nSPS) is 16.9. The second kappa shape index (κ2) is 5.05. The van der Waals surface area contributed by atoms with E-state index in [1.54, 1.807) is 6.92 Å². The number of rotatable bonds is 2. The second-order valence-corrected chi connectivity index (χ2v) is 5.05. The summed E-state index contributed by atoms with van der Waals surface area (Å²) in [6, 6.07) is 7.82. The number of aromatic nitrogens is 2. The number of para-hydroxylation sites is 1. The lowest BCUT2D eigenvalue weighted by Gasteiger charge is -2.24. The molecule has 2 aromatic rings. The predicted octanol–water partition coefficient (Wildman–Crippen LogP) is 1.78. The number of ether oxygens (including phenoxy) is 1. The lowest BCUT2D eigenvalue weighted by Crippen LogP contribution is -2.23. The van der Waals surface area contributed by atoms with Crippen molar-refractivity contribution in [3.63, 3.8) is 0 Å². The van der Waals surface area contributed by atoms with Crippen molar-refractivity contribution in [1.82, 2.24) is 9.97 Å². The molecule has 0 saturated heterocycles. The number of carbonyl (C=O) groups is 1. The van der Waals surface area contributed by atoms with E-state index in [9.17, 15) is 4.79 Å². The summed E-state index contributed by atoms with van der Waals surface area (Å²) < 4.78 is 5.71. The number of fused-ring (bicyclic) bond motifs is 1. The number of aryl methyl sites for hydroxylation is 1. The van der Waals surface area contributed by atoms with E-state index in [0.717, 1.165) is 17.7 Å². The van der Waals surface area contributed by atoms with E-state index in [1.165, 1.54) is 0 Å². The molecule has 1 aromatic heterocycles. The molecule has 1 unspecified atom stereocenters. The molecule has 0 radical (unpaired) electrons. The number of carboxylic acid groups (broad SMARTS) is 1. The molecule has 0 fully saturated rings. The number of nitrogen functional groups attached to an aromatic ring is 1. The number of carboxylic acids is 1. The van der Waals surface area contributed by atoms with Crippen molar-refractivity contribution in [3.05, 3.63) is 46.9 Å². The van der Waals surface area contributed by atoms with Crippen LogP contribution >= 0.6 is 0 Å². The SMILES string of the molecule is Cc1nc(C2COc3ccccc3C2)nc(N)c1C(=O)O. The molecule has 6 heteroatoms. The zero-order valence-corrected chi connectivity index (χ0v) is 11.5. The number of nitrogens with zero attached hydrogens (tertiary/aromatic N) is 2. The summed E-state index contributed by atoms with van der Waals surface area (Å²) >= 11 is 0. The van der Waals surface area contributed by atoms with Crippen molar-refractivity contribution >= 4 is 11.8 Å². The van der Waals surface area contributed by atoms with Gasteiger partial charge in [-0.05, 0) is 25.0 Å².